The molecule has 0 amide bonds. The van der Waals surface area contributed by atoms with Crippen LogP contribution >= 0.6 is 15.9 Å². The van der Waals surface area contributed by atoms with Crippen LogP contribution in [-0.2, 0) is 10.0 Å². The van der Waals surface area contributed by atoms with Crippen LogP contribution in [0.15, 0.2) is 28.7 Å². The molecule has 1 N–H and O–H groups in total. The third-order valence-corrected chi connectivity index (χ3v) is 4.37. The fourth-order valence-corrected chi connectivity index (χ4v) is 2.57. The first-order chi connectivity index (χ1) is 8.78. The second kappa shape index (κ2) is 4.97. The summed E-state index contributed by atoms with van der Waals surface area (Å²) >= 11 is 3.48. The molecule has 0 saturated heterocycles. The van der Waals surface area contributed by atoms with Gasteiger partial charge in [0.1, 0.15) is 0 Å². The van der Waals surface area contributed by atoms with Gasteiger partial charge in [-0.15, -0.1) is 0 Å². The average molecular weight is 344 g/mol. The Morgan fingerprint density at radius 2 is 1.79 bits per heavy atom. The first-order valence-corrected chi connectivity index (χ1v) is 8.26. The summed E-state index contributed by atoms with van der Waals surface area (Å²) in [5.41, 5.74) is 3.33. The monoisotopic (exact) mass is 343 g/mol. The normalized spacial score (nSPS) is 11.6. The fraction of sp³-hybridized carbons (Fsp3) is 0.250. The van der Waals surface area contributed by atoms with Crippen LogP contribution in [-0.4, -0.2) is 24.5 Å². The van der Waals surface area contributed by atoms with E-state index in [1.807, 2.05) is 30.7 Å². The maximum atomic E-state index is 11.1. The molecule has 0 fully saturated rings. The number of hydrogen-bond donors (Lipinski definition) is 1. The molecule has 1 aromatic heterocycles. The molecule has 0 aliphatic carbocycles. The molecule has 0 saturated carbocycles. The Hall–Kier alpha value is -1.34. The Kier molecular flexibility index (Phi) is 3.69. The first-order valence-electron chi connectivity index (χ1n) is 5.58. The number of nitrogens with one attached hydrogen (secondary N) is 1. The maximum Gasteiger partial charge on any atom is 0.229 e. The van der Waals surface area contributed by atoms with Crippen molar-refractivity contribution in [3.05, 3.63) is 40.1 Å². The van der Waals surface area contributed by atoms with Gasteiger partial charge < -0.3 is 0 Å². The van der Waals surface area contributed by atoms with Gasteiger partial charge in [-0.25, -0.2) is 13.1 Å². The topological polar surface area (TPSA) is 64.0 Å². The van der Waals surface area contributed by atoms with Crippen molar-refractivity contribution in [2.75, 3.05) is 11.0 Å². The average Bonchev–Trinajstić information content (AvgIpc) is 2.56. The van der Waals surface area contributed by atoms with Crippen LogP contribution in [0.25, 0.3) is 5.69 Å². The van der Waals surface area contributed by atoms with Crippen molar-refractivity contribution in [2.24, 2.45) is 0 Å². The minimum atomic E-state index is -3.25. The first kappa shape index (κ1) is 14.1. The summed E-state index contributed by atoms with van der Waals surface area (Å²) in [6, 6.07) is 7.06. The molecule has 2 aromatic rings. The molecule has 0 radical (unpaired) electrons. The van der Waals surface area contributed by atoms with Gasteiger partial charge in [-0.3, -0.25) is 4.72 Å². The number of halogens is 1. The number of nitrogens with zero attached hydrogens (tertiary/aromatic N) is 2. The van der Waals surface area contributed by atoms with Gasteiger partial charge >= 0.3 is 0 Å². The second-order valence-electron chi connectivity index (χ2n) is 4.32. The maximum absolute atomic E-state index is 11.1. The van der Waals surface area contributed by atoms with Crippen molar-refractivity contribution in [1.29, 1.82) is 0 Å². The summed E-state index contributed by atoms with van der Waals surface area (Å²) in [5.74, 6) is 0. The highest BCUT2D eigenvalue weighted by atomic mass is 79.9. The Morgan fingerprint density at radius 1 is 1.21 bits per heavy atom. The van der Waals surface area contributed by atoms with Crippen molar-refractivity contribution in [2.45, 2.75) is 13.8 Å². The van der Waals surface area contributed by atoms with E-state index in [9.17, 15) is 8.42 Å². The van der Waals surface area contributed by atoms with E-state index in [0.717, 1.165) is 27.8 Å². The number of sulfonamides is 1. The molecule has 0 bridgehead atoms. The van der Waals surface area contributed by atoms with Crippen molar-refractivity contribution in [3.63, 3.8) is 0 Å². The Morgan fingerprint density at radius 3 is 2.21 bits per heavy atom. The molecule has 0 unspecified atom stereocenters. The van der Waals surface area contributed by atoms with Crippen molar-refractivity contribution < 1.29 is 8.42 Å². The standard InChI is InChI=1S/C12H14BrN3O2S/c1-8-12(13)9(2)16(14-8)11-6-4-10(5-7-11)15-19(3,17)18/h4-7,15H,1-3H3. The van der Waals surface area contributed by atoms with E-state index in [-0.39, 0.29) is 0 Å². The van der Waals surface area contributed by atoms with Gasteiger partial charge in [-0.2, -0.15) is 5.10 Å². The minimum Gasteiger partial charge on any atom is -0.284 e. The largest absolute Gasteiger partial charge is 0.284 e. The van der Waals surface area contributed by atoms with Crippen molar-refractivity contribution in [3.8, 4) is 5.69 Å². The summed E-state index contributed by atoms with van der Waals surface area (Å²) in [6.45, 7) is 3.89. The van der Waals surface area contributed by atoms with E-state index in [1.54, 1.807) is 12.1 Å². The summed E-state index contributed by atoms with van der Waals surface area (Å²) < 4.78 is 27.5. The SMILES string of the molecule is Cc1nn(-c2ccc(NS(C)(=O)=O)cc2)c(C)c1Br. The predicted octanol–water partition coefficient (Wildman–Crippen LogP) is 2.62. The zero-order valence-corrected chi connectivity index (χ0v) is 13.2. The molecular formula is C12H14BrN3O2S. The third-order valence-electron chi connectivity index (χ3n) is 2.62. The van der Waals surface area contributed by atoms with Crippen LogP contribution < -0.4 is 4.72 Å². The number of anilines is 1. The summed E-state index contributed by atoms with van der Waals surface area (Å²) in [7, 11) is -3.25. The molecular weight excluding hydrogens is 330 g/mol. The zero-order valence-electron chi connectivity index (χ0n) is 10.8. The summed E-state index contributed by atoms with van der Waals surface area (Å²) in [6.07, 6.45) is 1.12. The molecule has 1 aromatic carbocycles. The Labute approximate surface area is 120 Å². The smallest absolute Gasteiger partial charge is 0.229 e. The van der Waals surface area contributed by atoms with Gasteiger partial charge in [-0.1, -0.05) is 0 Å². The highest BCUT2D eigenvalue weighted by molar-refractivity contribution is 9.10. The number of benzene rings is 1. The predicted molar refractivity (Wildman–Crippen MR) is 79.2 cm³/mol. The summed E-state index contributed by atoms with van der Waals surface area (Å²) in [5, 5.41) is 4.42. The second-order valence-corrected chi connectivity index (χ2v) is 6.86. The van der Waals surface area contributed by atoms with E-state index < -0.39 is 10.0 Å². The Bertz CT molecular complexity index is 705. The zero-order chi connectivity index (χ0) is 14.2. The van der Waals surface area contributed by atoms with Crippen LogP contribution in [0.5, 0.6) is 0 Å². The van der Waals surface area contributed by atoms with Crippen LogP contribution in [0.4, 0.5) is 5.69 Å². The van der Waals surface area contributed by atoms with E-state index in [0.29, 0.717) is 5.69 Å². The van der Waals surface area contributed by atoms with Gasteiger partial charge in [0.05, 0.1) is 27.8 Å². The number of hydrogen-bond acceptors (Lipinski definition) is 3. The van der Waals surface area contributed by atoms with Crippen LogP contribution in [0.1, 0.15) is 11.4 Å². The van der Waals surface area contributed by atoms with E-state index in [4.69, 9.17) is 0 Å². The van der Waals surface area contributed by atoms with E-state index in [2.05, 4.69) is 25.8 Å². The highest BCUT2D eigenvalue weighted by Crippen LogP contribution is 2.23. The fourth-order valence-electron chi connectivity index (χ4n) is 1.76. The number of rotatable bonds is 3. The van der Waals surface area contributed by atoms with E-state index >= 15 is 0 Å². The molecule has 5 nitrogen and oxygen atoms in total. The van der Waals surface area contributed by atoms with Gasteiger partial charge in [-0.05, 0) is 54.0 Å². The molecule has 0 spiro atoms. The number of aromatic nitrogens is 2. The van der Waals surface area contributed by atoms with Crippen LogP contribution in [0.3, 0.4) is 0 Å². The highest BCUT2D eigenvalue weighted by Gasteiger charge is 2.10. The van der Waals surface area contributed by atoms with Crippen molar-refractivity contribution in [1.82, 2.24) is 9.78 Å². The molecule has 0 aliphatic heterocycles. The minimum absolute atomic E-state index is 0.534. The molecule has 102 valence electrons. The lowest BCUT2D eigenvalue weighted by molar-refractivity contribution is 0.607. The van der Waals surface area contributed by atoms with E-state index in [1.165, 1.54) is 0 Å². The molecule has 0 atom stereocenters. The lowest BCUT2D eigenvalue weighted by Crippen LogP contribution is -2.09. The lowest BCUT2D eigenvalue weighted by atomic mass is 10.3. The lowest BCUT2D eigenvalue weighted by Gasteiger charge is -2.07. The Balaban J connectivity index is 2.35. The quantitative estimate of drug-likeness (QED) is 0.931. The third kappa shape index (κ3) is 3.16. The van der Waals surface area contributed by atoms with Crippen LogP contribution in [0.2, 0.25) is 0 Å². The van der Waals surface area contributed by atoms with Gasteiger partial charge in [0, 0.05) is 5.69 Å². The van der Waals surface area contributed by atoms with Gasteiger partial charge in [0.2, 0.25) is 10.0 Å². The molecule has 2 rings (SSSR count). The molecule has 19 heavy (non-hydrogen) atoms. The molecule has 1 heterocycles. The molecule has 7 heteroatoms. The summed E-state index contributed by atoms with van der Waals surface area (Å²) in [4.78, 5) is 0. The molecule has 0 aliphatic rings. The number of aryl methyl sites for hydroxylation is 1. The van der Waals surface area contributed by atoms with Gasteiger partial charge in [0.25, 0.3) is 0 Å². The van der Waals surface area contributed by atoms with Crippen LogP contribution in [0, 0.1) is 13.8 Å². The van der Waals surface area contributed by atoms with Gasteiger partial charge in [0.15, 0.2) is 0 Å². The van der Waals surface area contributed by atoms with Crippen molar-refractivity contribution >= 4 is 31.6 Å².